The van der Waals surface area contributed by atoms with E-state index in [1.165, 1.54) is 0 Å². The lowest BCUT2D eigenvalue weighted by molar-refractivity contribution is 0.185. The highest BCUT2D eigenvalue weighted by Gasteiger charge is 2.16. The molecular formula is C13H14O2S. The van der Waals surface area contributed by atoms with Crippen molar-refractivity contribution in [2.75, 3.05) is 6.26 Å². The molecule has 1 aromatic carbocycles. The van der Waals surface area contributed by atoms with Gasteiger partial charge in [-0.2, -0.15) is 0 Å². The molecule has 0 fully saturated rings. The van der Waals surface area contributed by atoms with Gasteiger partial charge in [0.25, 0.3) is 0 Å². The van der Waals surface area contributed by atoms with Crippen LogP contribution in [0.2, 0.25) is 0 Å². The molecule has 1 N–H and O–H groups in total. The van der Waals surface area contributed by atoms with Gasteiger partial charge in [0.2, 0.25) is 0 Å². The molecule has 2 nitrogen and oxygen atoms in total. The summed E-state index contributed by atoms with van der Waals surface area (Å²) in [5, 5.41) is 10.2. The van der Waals surface area contributed by atoms with Crippen molar-refractivity contribution in [2.45, 2.75) is 17.9 Å². The number of aliphatic hydroxyl groups excluding tert-OH is 1. The minimum Gasteiger partial charge on any atom is -0.463 e. The van der Waals surface area contributed by atoms with Gasteiger partial charge in [-0.15, -0.1) is 11.8 Å². The number of aliphatic hydroxyl groups is 1. The van der Waals surface area contributed by atoms with Crippen molar-refractivity contribution in [3.8, 4) is 0 Å². The Balaban J connectivity index is 2.36. The zero-order chi connectivity index (χ0) is 11.5. The summed E-state index contributed by atoms with van der Waals surface area (Å²) in [6.07, 6.45) is 1.32. The first-order chi connectivity index (χ1) is 7.72. The minimum absolute atomic E-state index is 0.596. The lowest BCUT2D eigenvalue weighted by Gasteiger charge is -2.11. The molecule has 0 aliphatic carbocycles. The molecule has 0 unspecified atom stereocenters. The van der Waals surface area contributed by atoms with Crippen LogP contribution in [0.4, 0.5) is 0 Å². The van der Waals surface area contributed by atoms with Crippen LogP contribution >= 0.6 is 11.8 Å². The van der Waals surface area contributed by atoms with Crippen LogP contribution in [0.3, 0.4) is 0 Å². The monoisotopic (exact) mass is 234 g/mol. The van der Waals surface area contributed by atoms with Crippen LogP contribution < -0.4 is 0 Å². The number of hydrogen-bond donors (Lipinski definition) is 1. The van der Waals surface area contributed by atoms with E-state index in [0.29, 0.717) is 5.76 Å². The molecule has 16 heavy (non-hydrogen) atoms. The fraction of sp³-hybridized carbons (Fsp3) is 0.231. The molecule has 1 atom stereocenters. The van der Waals surface area contributed by atoms with Crippen LogP contribution in [0.5, 0.6) is 0 Å². The summed E-state index contributed by atoms with van der Waals surface area (Å²) in [6, 6.07) is 11.5. The molecule has 3 heteroatoms. The summed E-state index contributed by atoms with van der Waals surface area (Å²) >= 11 is 1.62. The Labute approximate surface area is 99.3 Å². The molecule has 1 heterocycles. The van der Waals surface area contributed by atoms with E-state index >= 15 is 0 Å². The van der Waals surface area contributed by atoms with Gasteiger partial charge in [-0.3, -0.25) is 0 Å². The molecule has 0 aliphatic rings. The van der Waals surface area contributed by atoms with E-state index < -0.39 is 6.10 Å². The number of rotatable bonds is 3. The van der Waals surface area contributed by atoms with Crippen LogP contribution in [0.15, 0.2) is 45.7 Å². The van der Waals surface area contributed by atoms with Crippen molar-refractivity contribution in [1.82, 2.24) is 0 Å². The van der Waals surface area contributed by atoms with Gasteiger partial charge in [0.1, 0.15) is 17.6 Å². The highest BCUT2D eigenvalue weighted by Crippen LogP contribution is 2.30. The fourth-order valence-corrected chi connectivity index (χ4v) is 2.28. The molecule has 84 valence electrons. The lowest BCUT2D eigenvalue weighted by atomic mass is 10.1. The van der Waals surface area contributed by atoms with Gasteiger partial charge < -0.3 is 9.52 Å². The normalized spacial score (nSPS) is 12.7. The molecule has 0 radical (unpaired) electrons. The Morgan fingerprint density at radius 3 is 2.56 bits per heavy atom. The summed E-state index contributed by atoms with van der Waals surface area (Å²) in [5.74, 6) is 1.41. The summed E-state index contributed by atoms with van der Waals surface area (Å²) in [6.45, 7) is 1.87. The zero-order valence-electron chi connectivity index (χ0n) is 9.31. The molecule has 0 saturated carbocycles. The Hall–Kier alpha value is -1.19. The first kappa shape index (κ1) is 11.3. The summed E-state index contributed by atoms with van der Waals surface area (Å²) in [5.41, 5.74) is 0.893. The van der Waals surface area contributed by atoms with Crippen molar-refractivity contribution in [1.29, 1.82) is 0 Å². The standard InChI is InChI=1S/C13H14O2S/c1-9-7-8-11(15-9)13(14)10-5-3-4-6-12(10)16-2/h3-8,13-14H,1-2H3/t13-/m1/s1. The van der Waals surface area contributed by atoms with Gasteiger partial charge in [0, 0.05) is 10.5 Å². The summed E-state index contributed by atoms with van der Waals surface area (Å²) < 4.78 is 5.44. The van der Waals surface area contributed by atoms with E-state index in [4.69, 9.17) is 4.42 Å². The third-order valence-corrected chi connectivity index (χ3v) is 3.28. The van der Waals surface area contributed by atoms with E-state index in [9.17, 15) is 5.11 Å². The molecule has 1 aromatic heterocycles. The number of thioether (sulfide) groups is 1. The predicted octanol–water partition coefficient (Wildman–Crippen LogP) is 3.39. The van der Waals surface area contributed by atoms with Gasteiger partial charge in [0.15, 0.2) is 0 Å². The molecule has 0 aliphatic heterocycles. The van der Waals surface area contributed by atoms with Gasteiger partial charge in [-0.1, -0.05) is 18.2 Å². The zero-order valence-corrected chi connectivity index (χ0v) is 10.1. The Morgan fingerprint density at radius 1 is 1.19 bits per heavy atom. The first-order valence-electron chi connectivity index (χ1n) is 5.09. The number of benzene rings is 1. The van der Waals surface area contributed by atoms with Crippen molar-refractivity contribution >= 4 is 11.8 Å². The van der Waals surface area contributed by atoms with Gasteiger partial charge in [-0.05, 0) is 31.4 Å². The molecule has 2 aromatic rings. The van der Waals surface area contributed by atoms with E-state index in [2.05, 4.69) is 0 Å². The van der Waals surface area contributed by atoms with Crippen molar-refractivity contribution in [3.05, 3.63) is 53.5 Å². The Morgan fingerprint density at radius 2 is 1.94 bits per heavy atom. The largest absolute Gasteiger partial charge is 0.463 e. The van der Waals surface area contributed by atoms with E-state index in [1.54, 1.807) is 11.8 Å². The van der Waals surface area contributed by atoms with Crippen molar-refractivity contribution in [3.63, 3.8) is 0 Å². The fourth-order valence-electron chi connectivity index (χ4n) is 1.65. The van der Waals surface area contributed by atoms with Gasteiger partial charge in [0.05, 0.1) is 0 Å². The van der Waals surface area contributed by atoms with Crippen molar-refractivity contribution in [2.24, 2.45) is 0 Å². The van der Waals surface area contributed by atoms with Gasteiger partial charge >= 0.3 is 0 Å². The highest BCUT2D eigenvalue weighted by molar-refractivity contribution is 7.98. The van der Waals surface area contributed by atoms with Crippen LogP contribution in [0.25, 0.3) is 0 Å². The van der Waals surface area contributed by atoms with Gasteiger partial charge in [-0.25, -0.2) is 0 Å². The molecule has 0 bridgehead atoms. The molecular weight excluding hydrogens is 220 g/mol. The predicted molar refractivity (Wildman–Crippen MR) is 65.7 cm³/mol. The smallest absolute Gasteiger partial charge is 0.138 e. The maximum absolute atomic E-state index is 10.2. The second-order valence-corrected chi connectivity index (χ2v) is 4.44. The maximum Gasteiger partial charge on any atom is 0.138 e. The summed E-state index contributed by atoms with van der Waals surface area (Å²) in [4.78, 5) is 1.07. The van der Waals surface area contributed by atoms with E-state index in [0.717, 1.165) is 16.2 Å². The van der Waals surface area contributed by atoms with E-state index in [-0.39, 0.29) is 0 Å². The Bertz CT molecular complexity index is 476. The number of aryl methyl sites for hydroxylation is 1. The third kappa shape index (κ3) is 2.15. The quantitative estimate of drug-likeness (QED) is 0.826. The van der Waals surface area contributed by atoms with Crippen molar-refractivity contribution < 1.29 is 9.52 Å². The third-order valence-electron chi connectivity index (χ3n) is 2.46. The van der Waals surface area contributed by atoms with E-state index in [1.807, 2.05) is 49.6 Å². The molecule has 0 spiro atoms. The van der Waals surface area contributed by atoms with Crippen LogP contribution in [-0.2, 0) is 0 Å². The SMILES string of the molecule is CSc1ccccc1[C@@H](O)c1ccc(C)o1. The highest BCUT2D eigenvalue weighted by atomic mass is 32.2. The maximum atomic E-state index is 10.2. The summed E-state index contributed by atoms with van der Waals surface area (Å²) in [7, 11) is 0. The molecule has 2 rings (SSSR count). The van der Waals surface area contributed by atoms with Crippen LogP contribution in [0.1, 0.15) is 23.2 Å². The minimum atomic E-state index is -0.683. The lowest BCUT2D eigenvalue weighted by Crippen LogP contribution is -1.99. The number of hydrogen-bond acceptors (Lipinski definition) is 3. The average Bonchev–Trinajstić information content (AvgIpc) is 2.75. The van der Waals surface area contributed by atoms with Crippen LogP contribution in [0, 0.1) is 6.92 Å². The number of furan rings is 1. The molecule has 0 amide bonds. The molecule has 0 saturated heterocycles. The second-order valence-electron chi connectivity index (χ2n) is 3.59. The first-order valence-corrected chi connectivity index (χ1v) is 6.32. The average molecular weight is 234 g/mol. The van der Waals surface area contributed by atoms with Crippen LogP contribution in [-0.4, -0.2) is 11.4 Å². The topological polar surface area (TPSA) is 33.4 Å². The second kappa shape index (κ2) is 4.76. The Kier molecular flexibility index (Phi) is 3.36.